The lowest BCUT2D eigenvalue weighted by Crippen LogP contribution is -2.31. The Morgan fingerprint density at radius 1 is 1.23 bits per heavy atom. The van der Waals surface area contributed by atoms with E-state index in [1.165, 1.54) is 0 Å². The van der Waals surface area contributed by atoms with Gasteiger partial charge in [0.25, 0.3) is 0 Å². The first-order chi connectivity index (χ1) is 6.18. The monoisotopic (exact) mass is 180 g/mol. The molecule has 0 spiro atoms. The van der Waals surface area contributed by atoms with Crippen LogP contribution in [0.5, 0.6) is 11.5 Å². The number of aryl methyl sites for hydroxylation is 1. The van der Waals surface area contributed by atoms with Gasteiger partial charge in [0, 0.05) is 0 Å². The highest BCUT2D eigenvalue weighted by Gasteiger charge is 2.21. The number of hydrogen-bond acceptors (Lipinski definition) is 4. The van der Waals surface area contributed by atoms with Crippen molar-refractivity contribution in [3.05, 3.63) is 17.7 Å². The Hall–Kier alpha value is -1.20. The summed E-state index contributed by atoms with van der Waals surface area (Å²) in [5.41, 5.74) is 1.23. The molecule has 0 aliphatic carbocycles. The van der Waals surface area contributed by atoms with Crippen molar-refractivity contribution in [3.63, 3.8) is 0 Å². The van der Waals surface area contributed by atoms with E-state index < -0.39 is 7.12 Å². The summed E-state index contributed by atoms with van der Waals surface area (Å²) in [7, 11) is -1.46. The predicted octanol–water partition coefficient (Wildman–Crippen LogP) is -0.596. The Morgan fingerprint density at radius 2 is 1.85 bits per heavy atom. The van der Waals surface area contributed by atoms with E-state index in [1.807, 2.05) is 0 Å². The second-order valence-electron chi connectivity index (χ2n) is 2.94. The number of fused-ring (bicyclic) bond motifs is 1. The predicted molar refractivity (Wildman–Crippen MR) is 47.1 cm³/mol. The quantitative estimate of drug-likeness (QED) is 0.566. The Labute approximate surface area is 75.9 Å². The highest BCUT2D eigenvalue weighted by molar-refractivity contribution is 6.59. The molecule has 1 aliphatic heterocycles. The molecule has 2 N–H and O–H groups in total. The minimum atomic E-state index is -1.46. The molecule has 0 fully saturated rings. The molecular weight excluding hydrogens is 171 g/mol. The summed E-state index contributed by atoms with van der Waals surface area (Å²) in [5, 5.41) is 18.0. The molecule has 13 heavy (non-hydrogen) atoms. The van der Waals surface area contributed by atoms with E-state index in [4.69, 9.17) is 19.5 Å². The molecule has 1 heterocycles. The van der Waals surface area contributed by atoms with Crippen LogP contribution in [-0.4, -0.2) is 24.0 Å². The van der Waals surface area contributed by atoms with Gasteiger partial charge in [-0.1, -0.05) is 0 Å². The molecule has 5 heteroatoms. The third kappa shape index (κ3) is 1.36. The molecule has 68 valence electrons. The number of benzene rings is 1. The zero-order valence-electron chi connectivity index (χ0n) is 7.15. The molecule has 1 aromatic carbocycles. The van der Waals surface area contributed by atoms with E-state index in [1.54, 1.807) is 19.1 Å². The second kappa shape index (κ2) is 2.94. The number of rotatable bonds is 1. The average Bonchev–Trinajstić information content (AvgIpc) is 2.48. The van der Waals surface area contributed by atoms with E-state index in [2.05, 4.69) is 0 Å². The molecule has 2 rings (SSSR count). The van der Waals surface area contributed by atoms with Gasteiger partial charge in [-0.25, -0.2) is 0 Å². The lowest BCUT2D eigenvalue weighted by Gasteiger charge is -2.05. The first-order valence-corrected chi connectivity index (χ1v) is 3.95. The second-order valence-corrected chi connectivity index (χ2v) is 2.94. The molecular formula is C8H9BO4. The molecule has 0 unspecified atom stereocenters. The van der Waals surface area contributed by atoms with Gasteiger partial charge >= 0.3 is 7.12 Å². The molecule has 0 saturated carbocycles. The lowest BCUT2D eigenvalue weighted by molar-refractivity contribution is 0.174. The minimum Gasteiger partial charge on any atom is -0.454 e. The summed E-state index contributed by atoms with van der Waals surface area (Å²) in [4.78, 5) is 0. The van der Waals surface area contributed by atoms with Crippen molar-refractivity contribution in [3.8, 4) is 11.5 Å². The first-order valence-electron chi connectivity index (χ1n) is 3.95. The highest BCUT2D eigenvalue weighted by Crippen LogP contribution is 2.31. The summed E-state index contributed by atoms with van der Waals surface area (Å²) < 4.78 is 10.2. The van der Waals surface area contributed by atoms with Crippen LogP contribution in [0.4, 0.5) is 0 Å². The zero-order chi connectivity index (χ0) is 9.42. The maximum atomic E-state index is 8.99. The summed E-state index contributed by atoms with van der Waals surface area (Å²) >= 11 is 0. The van der Waals surface area contributed by atoms with Crippen LogP contribution in [0.3, 0.4) is 0 Å². The van der Waals surface area contributed by atoms with Gasteiger partial charge in [0.1, 0.15) is 0 Å². The maximum Gasteiger partial charge on any atom is 0.488 e. The molecule has 0 aromatic heterocycles. The molecule has 0 radical (unpaired) electrons. The van der Waals surface area contributed by atoms with Crippen molar-refractivity contribution in [2.24, 2.45) is 0 Å². The van der Waals surface area contributed by atoms with Crippen molar-refractivity contribution in [2.75, 3.05) is 6.79 Å². The van der Waals surface area contributed by atoms with Gasteiger partial charge in [-0.2, -0.15) is 0 Å². The fourth-order valence-corrected chi connectivity index (χ4v) is 1.34. The summed E-state index contributed by atoms with van der Waals surface area (Å²) in [6.07, 6.45) is 0. The molecule has 0 saturated heterocycles. The Bertz CT molecular complexity index is 337. The topological polar surface area (TPSA) is 58.9 Å². The molecule has 0 atom stereocenters. The van der Waals surface area contributed by atoms with Crippen molar-refractivity contribution >= 4 is 12.6 Å². The standard InChI is InChI=1S/C8H9BO4/c1-5-2-7-8(13-4-12-7)3-6(5)9(10)11/h2-3,10-11H,4H2,1H3. The van der Waals surface area contributed by atoms with Gasteiger partial charge < -0.3 is 19.5 Å². The Morgan fingerprint density at radius 3 is 2.46 bits per heavy atom. The number of hydrogen-bond donors (Lipinski definition) is 2. The van der Waals surface area contributed by atoms with Gasteiger partial charge in [-0.3, -0.25) is 0 Å². The van der Waals surface area contributed by atoms with E-state index in [0.717, 1.165) is 5.56 Å². The fraction of sp³-hybridized carbons (Fsp3) is 0.250. The third-order valence-electron chi connectivity index (χ3n) is 2.04. The van der Waals surface area contributed by atoms with Gasteiger partial charge in [0.05, 0.1) is 0 Å². The number of ether oxygens (including phenoxy) is 2. The van der Waals surface area contributed by atoms with Crippen molar-refractivity contribution in [1.82, 2.24) is 0 Å². The molecule has 4 nitrogen and oxygen atoms in total. The van der Waals surface area contributed by atoms with Crippen LogP contribution in [0, 0.1) is 6.92 Å². The largest absolute Gasteiger partial charge is 0.488 e. The van der Waals surface area contributed by atoms with Gasteiger partial charge in [0.15, 0.2) is 11.5 Å². The minimum absolute atomic E-state index is 0.194. The van der Waals surface area contributed by atoms with Crippen molar-refractivity contribution < 1.29 is 19.5 Å². The van der Waals surface area contributed by atoms with Crippen LogP contribution >= 0.6 is 0 Å². The van der Waals surface area contributed by atoms with Crippen molar-refractivity contribution in [2.45, 2.75) is 6.92 Å². The van der Waals surface area contributed by atoms with Gasteiger partial charge in [0.2, 0.25) is 6.79 Å². The lowest BCUT2D eigenvalue weighted by atomic mass is 9.77. The highest BCUT2D eigenvalue weighted by atomic mass is 16.7. The smallest absolute Gasteiger partial charge is 0.454 e. The maximum absolute atomic E-state index is 8.99. The van der Waals surface area contributed by atoms with Crippen LogP contribution in [0.1, 0.15) is 5.56 Å². The van der Waals surface area contributed by atoms with Gasteiger partial charge in [-0.05, 0) is 30.1 Å². The average molecular weight is 180 g/mol. The zero-order valence-corrected chi connectivity index (χ0v) is 7.15. The van der Waals surface area contributed by atoms with Crippen molar-refractivity contribution in [1.29, 1.82) is 0 Å². The SMILES string of the molecule is Cc1cc2c(cc1B(O)O)OCO2. The van der Waals surface area contributed by atoms with E-state index in [-0.39, 0.29) is 6.79 Å². The van der Waals surface area contributed by atoms with Crippen LogP contribution in [0.25, 0.3) is 0 Å². The Balaban J connectivity index is 2.49. The first kappa shape index (κ1) is 8.41. The fourth-order valence-electron chi connectivity index (χ4n) is 1.34. The summed E-state index contributed by atoms with van der Waals surface area (Å²) in [6.45, 7) is 1.98. The molecule has 1 aromatic rings. The van der Waals surface area contributed by atoms with Crippen LogP contribution in [-0.2, 0) is 0 Å². The van der Waals surface area contributed by atoms with Gasteiger partial charge in [-0.15, -0.1) is 0 Å². The molecule has 0 bridgehead atoms. The molecule has 1 aliphatic rings. The third-order valence-corrected chi connectivity index (χ3v) is 2.04. The summed E-state index contributed by atoms with van der Waals surface area (Å²) in [6, 6.07) is 3.32. The van der Waals surface area contributed by atoms with Crippen LogP contribution in [0.2, 0.25) is 0 Å². The van der Waals surface area contributed by atoms with Crippen LogP contribution < -0.4 is 14.9 Å². The Kier molecular flexibility index (Phi) is 1.90. The van der Waals surface area contributed by atoms with E-state index in [9.17, 15) is 0 Å². The van der Waals surface area contributed by atoms with Crippen LogP contribution in [0.15, 0.2) is 12.1 Å². The summed E-state index contributed by atoms with van der Waals surface area (Å²) in [5.74, 6) is 1.22. The molecule has 0 amide bonds. The van der Waals surface area contributed by atoms with E-state index in [0.29, 0.717) is 17.0 Å². The van der Waals surface area contributed by atoms with E-state index >= 15 is 0 Å². The normalized spacial score (nSPS) is 13.2.